The van der Waals surface area contributed by atoms with Crippen LogP contribution in [0.2, 0.25) is 0 Å². The Kier molecular flexibility index (Phi) is 7.21. The van der Waals surface area contributed by atoms with Crippen molar-refractivity contribution in [2.24, 2.45) is 0 Å². The van der Waals surface area contributed by atoms with Gasteiger partial charge in [0, 0.05) is 29.7 Å². The predicted molar refractivity (Wildman–Crippen MR) is 153 cm³/mol. The van der Waals surface area contributed by atoms with E-state index in [-0.39, 0.29) is 36.6 Å². The predicted octanol–water partition coefficient (Wildman–Crippen LogP) is 4.31. The average molecular weight is 577 g/mol. The van der Waals surface area contributed by atoms with Crippen LogP contribution in [-0.4, -0.2) is 60.1 Å². The quantitative estimate of drug-likeness (QED) is 0.354. The molecular formula is C29H33FN8O4. The number of ether oxygens (including phenoxy) is 2. The lowest BCUT2D eigenvalue weighted by atomic mass is 9.97. The Hall–Kier alpha value is -4.81. The number of aromatic nitrogens is 5. The van der Waals surface area contributed by atoms with Gasteiger partial charge >= 0.3 is 12.1 Å². The Morgan fingerprint density at radius 3 is 2.62 bits per heavy atom. The maximum absolute atomic E-state index is 15.4. The molecule has 0 saturated carbocycles. The number of amides is 2. The van der Waals surface area contributed by atoms with Gasteiger partial charge in [0.2, 0.25) is 5.91 Å². The third-order valence-corrected chi connectivity index (χ3v) is 6.73. The molecule has 0 spiro atoms. The molecule has 4 aromatic rings. The molecule has 2 amide bonds. The number of nitrogens with zero attached hydrogens (tertiary/aromatic N) is 6. The number of alkyl carbamates (subject to hydrolysis) is 1. The molecule has 0 atom stereocenters. The summed E-state index contributed by atoms with van der Waals surface area (Å²) in [5.74, 6) is -0.753. The summed E-state index contributed by atoms with van der Waals surface area (Å²) in [5.41, 5.74) is 8.11. The van der Waals surface area contributed by atoms with E-state index in [2.05, 4.69) is 25.3 Å². The van der Waals surface area contributed by atoms with E-state index in [0.717, 1.165) is 0 Å². The number of hydrogen-bond donors (Lipinski definition) is 2. The van der Waals surface area contributed by atoms with Crippen LogP contribution in [0.5, 0.6) is 11.8 Å². The Bertz CT molecular complexity index is 1700. The Morgan fingerprint density at radius 1 is 1.17 bits per heavy atom. The lowest BCUT2D eigenvalue weighted by molar-refractivity contribution is -0.133. The van der Waals surface area contributed by atoms with E-state index < -0.39 is 23.1 Å². The van der Waals surface area contributed by atoms with Crippen molar-refractivity contribution >= 4 is 28.9 Å². The molecule has 13 heteroatoms. The number of fused-ring (bicyclic) bond motifs is 3. The van der Waals surface area contributed by atoms with E-state index in [1.807, 2.05) is 18.4 Å². The zero-order chi connectivity index (χ0) is 30.4. The molecule has 1 aromatic carbocycles. The van der Waals surface area contributed by atoms with E-state index in [9.17, 15) is 9.59 Å². The molecule has 1 aliphatic rings. The number of nitrogen functional groups attached to an aromatic ring is 1. The first-order chi connectivity index (χ1) is 19.7. The van der Waals surface area contributed by atoms with Crippen molar-refractivity contribution in [1.82, 2.24) is 34.7 Å². The fourth-order valence-electron chi connectivity index (χ4n) is 5.13. The van der Waals surface area contributed by atoms with E-state index in [4.69, 9.17) is 15.2 Å². The highest BCUT2D eigenvalue weighted by Crippen LogP contribution is 2.43. The lowest BCUT2D eigenvalue weighted by Crippen LogP contribution is -2.51. The van der Waals surface area contributed by atoms with Gasteiger partial charge in [0.05, 0.1) is 17.5 Å². The van der Waals surface area contributed by atoms with E-state index >= 15 is 4.39 Å². The maximum atomic E-state index is 15.4. The third-order valence-electron chi connectivity index (χ3n) is 6.73. The largest absolute Gasteiger partial charge is 0.444 e. The Morgan fingerprint density at radius 2 is 1.93 bits per heavy atom. The van der Waals surface area contributed by atoms with Gasteiger partial charge in [-0.2, -0.15) is 0 Å². The Balaban J connectivity index is 1.52. The van der Waals surface area contributed by atoms with Gasteiger partial charge in [-0.3, -0.25) is 4.79 Å². The van der Waals surface area contributed by atoms with Crippen molar-refractivity contribution in [3.8, 4) is 22.9 Å². The second-order valence-corrected chi connectivity index (χ2v) is 11.8. The van der Waals surface area contributed by atoms with E-state index in [1.54, 1.807) is 44.7 Å². The molecule has 1 aliphatic heterocycles. The molecule has 5 rings (SSSR count). The Labute approximate surface area is 242 Å². The fourth-order valence-corrected chi connectivity index (χ4v) is 5.13. The number of anilines is 1. The van der Waals surface area contributed by atoms with Gasteiger partial charge in [-0.15, -0.1) is 0 Å². The molecule has 0 saturated heterocycles. The van der Waals surface area contributed by atoms with Crippen molar-refractivity contribution in [3.63, 3.8) is 0 Å². The molecule has 0 bridgehead atoms. The normalized spacial score (nSPS) is 14.4. The summed E-state index contributed by atoms with van der Waals surface area (Å²) in [6.45, 7) is 11.2. The number of hydrogen-bond acceptors (Lipinski definition) is 9. The molecule has 4 heterocycles. The van der Waals surface area contributed by atoms with Gasteiger partial charge in [-0.05, 0) is 65.3 Å². The zero-order valence-electron chi connectivity index (χ0n) is 24.4. The van der Waals surface area contributed by atoms with Gasteiger partial charge in [0.15, 0.2) is 11.6 Å². The number of carbonyl (C=O) groups is 2. The molecule has 42 heavy (non-hydrogen) atoms. The monoisotopic (exact) mass is 576 g/mol. The molecule has 0 aliphatic carbocycles. The second-order valence-electron chi connectivity index (χ2n) is 11.8. The minimum atomic E-state index is -0.694. The number of aryl methyl sites for hydroxylation is 1. The van der Waals surface area contributed by atoms with Crippen molar-refractivity contribution in [3.05, 3.63) is 54.0 Å². The molecular weight excluding hydrogens is 543 g/mol. The first-order valence-electron chi connectivity index (χ1n) is 13.4. The second kappa shape index (κ2) is 10.5. The van der Waals surface area contributed by atoms with Gasteiger partial charge in [0.1, 0.15) is 29.9 Å². The van der Waals surface area contributed by atoms with E-state index in [1.165, 1.54) is 24.7 Å². The van der Waals surface area contributed by atoms with Crippen LogP contribution in [0, 0.1) is 12.7 Å². The van der Waals surface area contributed by atoms with Crippen LogP contribution >= 0.6 is 0 Å². The fraction of sp³-hybridized carbons (Fsp3) is 0.379. The number of rotatable bonds is 5. The molecule has 220 valence electrons. The van der Waals surface area contributed by atoms with Gasteiger partial charge in [-0.25, -0.2) is 29.1 Å². The van der Waals surface area contributed by atoms with Crippen LogP contribution in [0.3, 0.4) is 0 Å². The molecule has 12 nitrogen and oxygen atoms in total. The topological polar surface area (TPSA) is 150 Å². The van der Waals surface area contributed by atoms with E-state index in [0.29, 0.717) is 40.1 Å². The number of nitrogens with one attached hydrogen (secondary N) is 1. The van der Waals surface area contributed by atoms with Gasteiger partial charge in [0.25, 0.3) is 0 Å². The number of nitrogens with two attached hydrogens (primary N) is 1. The summed E-state index contributed by atoms with van der Waals surface area (Å²) in [6.07, 6.45) is 2.23. The molecule has 0 fully saturated rings. The summed E-state index contributed by atoms with van der Waals surface area (Å²) in [4.78, 5) is 44.0. The van der Waals surface area contributed by atoms with Gasteiger partial charge < -0.3 is 30.0 Å². The average Bonchev–Trinajstić information content (AvgIpc) is 3.24. The van der Waals surface area contributed by atoms with Crippen LogP contribution < -0.4 is 15.8 Å². The van der Waals surface area contributed by atoms with Crippen LogP contribution in [-0.2, 0) is 21.6 Å². The number of carbonyl (C=O) groups excluding carboxylic acids is 2. The van der Waals surface area contributed by atoms with Crippen molar-refractivity contribution < 1.29 is 23.5 Å². The van der Waals surface area contributed by atoms with Crippen LogP contribution in [0.4, 0.5) is 15.0 Å². The van der Waals surface area contributed by atoms with Gasteiger partial charge in [-0.1, -0.05) is 6.07 Å². The van der Waals surface area contributed by atoms with Crippen LogP contribution in [0.25, 0.3) is 22.2 Å². The number of halogens is 1. The lowest BCUT2D eigenvalue weighted by Gasteiger charge is -2.41. The van der Waals surface area contributed by atoms with Crippen molar-refractivity contribution in [1.29, 1.82) is 0 Å². The first kappa shape index (κ1) is 28.7. The summed E-state index contributed by atoms with van der Waals surface area (Å²) >= 11 is 0. The highest BCUT2D eigenvalue weighted by Gasteiger charge is 2.38. The molecule has 0 unspecified atom stereocenters. The highest BCUT2D eigenvalue weighted by atomic mass is 19.1. The first-order valence-corrected chi connectivity index (χ1v) is 13.4. The molecule has 3 aromatic heterocycles. The number of benzene rings is 1. The minimum absolute atomic E-state index is 0.0295. The molecule has 3 N–H and O–H groups in total. The van der Waals surface area contributed by atoms with Crippen LogP contribution in [0.1, 0.15) is 46.0 Å². The third kappa shape index (κ3) is 5.67. The zero-order valence-corrected chi connectivity index (χ0v) is 24.4. The van der Waals surface area contributed by atoms with Crippen LogP contribution in [0.15, 0.2) is 36.8 Å². The summed E-state index contributed by atoms with van der Waals surface area (Å²) < 4.78 is 28.3. The summed E-state index contributed by atoms with van der Waals surface area (Å²) in [5, 5.41) is 3.08. The van der Waals surface area contributed by atoms with Crippen molar-refractivity contribution in [2.45, 2.75) is 59.2 Å². The smallest absolute Gasteiger partial charge is 0.408 e. The van der Waals surface area contributed by atoms with Crippen molar-refractivity contribution in [2.75, 3.05) is 18.8 Å². The SMILES string of the molecule is Cc1ccnc(Oc2ccc(-c3c4n(c5ncnc(N)c35)C(C)(C)CN(C(=O)CNC(=O)OC(C)(C)C)C4)cc2F)n1. The maximum Gasteiger partial charge on any atom is 0.408 e. The standard InChI is InChI=1S/C29H33FN8O4/c1-16-9-10-32-26(36-16)41-20-8-7-17(11-18(20)30)22-19-13-37(21(39)12-33-27(40)42-28(2,3)4)14-29(5,6)38(19)25-23(22)24(31)34-15-35-25/h7-11,15H,12-14H2,1-6H3,(H,33,40)(H2,31,34,35). The summed E-state index contributed by atoms with van der Waals surface area (Å²) in [7, 11) is 0. The highest BCUT2D eigenvalue weighted by molar-refractivity contribution is 6.03. The molecule has 0 radical (unpaired) electrons. The minimum Gasteiger partial charge on any atom is -0.444 e. The summed E-state index contributed by atoms with van der Waals surface area (Å²) in [6, 6.07) is 6.28.